The van der Waals surface area contributed by atoms with Gasteiger partial charge in [-0.3, -0.25) is 5.41 Å². The van der Waals surface area contributed by atoms with E-state index in [0.717, 1.165) is 50.1 Å². The van der Waals surface area contributed by atoms with Crippen molar-refractivity contribution in [1.82, 2.24) is 0 Å². The van der Waals surface area contributed by atoms with E-state index >= 15 is 0 Å². The molecule has 0 saturated carbocycles. The van der Waals surface area contributed by atoms with Gasteiger partial charge in [-0.05, 0) is 87.5 Å². The molecule has 0 unspecified atom stereocenters. The summed E-state index contributed by atoms with van der Waals surface area (Å²) in [6, 6.07) is 65.0. The molecule has 0 atom stereocenters. The number of nitrogen functional groups attached to an aromatic ring is 1. The first-order chi connectivity index (χ1) is 27.4. The molecule has 10 rings (SSSR count). The van der Waals surface area contributed by atoms with E-state index in [9.17, 15) is 0 Å². The molecule has 0 radical (unpaired) electrons. The fraction of sp³-hybridized carbons (Fsp3) is 0.0755. The van der Waals surface area contributed by atoms with Crippen LogP contribution in [0.2, 0.25) is 0 Å². The van der Waals surface area contributed by atoms with Crippen LogP contribution < -0.4 is 5.73 Å². The maximum atomic E-state index is 7.77. The highest BCUT2D eigenvalue weighted by Crippen LogP contribution is 2.45. The van der Waals surface area contributed by atoms with Crippen molar-refractivity contribution in [2.45, 2.75) is 27.7 Å². The lowest BCUT2D eigenvalue weighted by molar-refractivity contribution is 0.670. The van der Waals surface area contributed by atoms with E-state index < -0.39 is 0 Å². The zero-order valence-electron chi connectivity index (χ0n) is 32.4. The van der Waals surface area contributed by atoms with Gasteiger partial charge in [0.1, 0.15) is 17.0 Å². The van der Waals surface area contributed by atoms with Crippen LogP contribution in [0.1, 0.15) is 30.5 Å². The lowest BCUT2D eigenvalue weighted by Gasteiger charge is -2.11. The van der Waals surface area contributed by atoms with Crippen molar-refractivity contribution in [2.24, 2.45) is 5.73 Å². The van der Waals surface area contributed by atoms with Crippen molar-refractivity contribution >= 4 is 49.3 Å². The molecular formula is C53H46N2O. The summed E-state index contributed by atoms with van der Waals surface area (Å²) in [5.74, 6) is 0.0756. The Morgan fingerprint density at radius 1 is 0.429 bits per heavy atom. The topological polar surface area (TPSA) is 63.0 Å². The van der Waals surface area contributed by atoms with Gasteiger partial charge in [0.25, 0.3) is 0 Å². The minimum Gasteiger partial charge on any atom is -0.455 e. The molecule has 0 saturated heterocycles. The Bertz CT molecular complexity index is 2820. The van der Waals surface area contributed by atoms with Crippen LogP contribution in [0.4, 0.5) is 0 Å². The summed E-state index contributed by atoms with van der Waals surface area (Å²) >= 11 is 0. The summed E-state index contributed by atoms with van der Waals surface area (Å²) in [5, 5.41) is 15.2. The predicted molar refractivity (Wildman–Crippen MR) is 241 cm³/mol. The van der Waals surface area contributed by atoms with Crippen molar-refractivity contribution in [3.63, 3.8) is 0 Å². The second kappa shape index (κ2) is 17.0. The number of amidine groups is 1. The van der Waals surface area contributed by atoms with Crippen LogP contribution in [0, 0.1) is 19.3 Å². The number of furan rings is 1. The van der Waals surface area contributed by atoms with E-state index in [-0.39, 0.29) is 5.84 Å². The number of nitrogens with two attached hydrogens (primary N) is 1. The molecule has 274 valence electrons. The summed E-state index contributed by atoms with van der Waals surface area (Å²) in [4.78, 5) is 0. The smallest absolute Gasteiger partial charge is 0.143 e. The van der Waals surface area contributed by atoms with Crippen molar-refractivity contribution in [2.75, 3.05) is 0 Å². The second-order valence-corrected chi connectivity index (χ2v) is 13.7. The molecule has 0 fully saturated rings. The third-order valence-electron chi connectivity index (χ3n) is 9.93. The van der Waals surface area contributed by atoms with E-state index in [4.69, 9.17) is 15.6 Å². The number of fused-ring (bicyclic) bond motifs is 3. The van der Waals surface area contributed by atoms with Gasteiger partial charge in [0.2, 0.25) is 0 Å². The fourth-order valence-electron chi connectivity index (χ4n) is 7.21. The van der Waals surface area contributed by atoms with Crippen molar-refractivity contribution in [3.05, 3.63) is 205 Å². The molecule has 0 amide bonds. The van der Waals surface area contributed by atoms with Crippen LogP contribution in [0.3, 0.4) is 0 Å². The van der Waals surface area contributed by atoms with Gasteiger partial charge in [-0.1, -0.05) is 189 Å². The SMILES string of the molecule is CC.Cc1ccccc1.Cc1ccccc1.N=C(N)c1cccc(-c2cccc(-c3ccc(-c4ccc5c6ccccc6c6cccc7oc4c5c76)cc3)c2)c1. The minimum absolute atomic E-state index is 0.0756. The average Bonchev–Trinajstić information content (AvgIpc) is 3.66. The number of rotatable bonds is 4. The van der Waals surface area contributed by atoms with Gasteiger partial charge in [-0.15, -0.1) is 0 Å². The zero-order valence-corrected chi connectivity index (χ0v) is 32.4. The monoisotopic (exact) mass is 726 g/mol. The Labute approximate surface area is 329 Å². The molecule has 1 aromatic heterocycles. The highest BCUT2D eigenvalue weighted by molar-refractivity contribution is 6.34. The summed E-state index contributed by atoms with van der Waals surface area (Å²) in [6.45, 7) is 8.17. The van der Waals surface area contributed by atoms with Gasteiger partial charge in [0.15, 0.2) is 0 Å². The lowest BCUT2D eigenvalue weighted by atomic mass is 9.91. The summed E-state index contributed by atoms with van der Waals surface area (Å²) in [5.41, 5.74) is 17.6. The molecule has 10 aromatic rings. The molecule has 0 aliphatic rings. The standard InChI is InChI=1S/C37H24N2O.2C7H8.C2H6/c38-37(39)27-9-4-8-26(21-27)25-7-3-6-24(20-25)22-14-16-23(17-15-22)28-18-19-32-30-11-2-1-10-29(30)31-12-5-13-33-34(31)35(32)36(28)40-33;2*1-7-5-3-2-4-6-7;1-2/h1-21H,(H3,38,39);2*2-6H,1H3;1-2H3. The number of hydrogen-bond acceptors (Lipinski definition) is 2. The van der Waals surface area contributed by atoms with Crippen molar-refractivity contribution in [1.29, 1.82) is 5.41 Å². The first kappa shape index (κ1) is 37.3. The summed E-state index contributed by atoms with van der Waals surface area (Å²) in [7, 11) is 0. The molecule has 1 heterocycles. The summed E-state index contributed by atoms with van der Waals surface area (Å²) < 4.78 is 6.55. The van der Waals surface area contributed by atoms with Crippen LogP contribution in [-0.4, -0.2) is 5.84 Å². The van der Waals surface area contributed by atoms with E-state index in [1.807, 2.05) is 68.4 Å². The first-order valence-corrected chi connectivity index (χ1v) is 19.2. The van der Waals surface area contributed by atoms with E-state index in [1.54, 1.807) is 0 Å². The average molecular weight is 727 g/mol. The zero-order chi connectivity index (χ0) is 39.0. The number of hydrogen-bond donors (Lipinski definition) is 2. The Kier molecular flexibility index (Phi) is 11.3. The fourth-order valence-corrected chi connectivity index (χ4v) is 7.21. The normalized spacial score (nSPS) is 10.6. The van der Waals surface area contributed by atoms with Gasteiger partial charge >= 0.3 is 0 Å². The maximum Gasteiger partial charge on any atom is 0.143 e. The van der Waals surface area contributed by atoms with Crippen LogP contribution >= 0.6 is 0 Å². The van der Waals surface area contributed by atoms with Gasteiger partial charge in [0.05, 0.1) is 0 Å². The highest BCUT2D eigenvalue weighted by atomic mass is 16.3. The molecule has 0 spiro atoms. The Morgan fingerprint density at radius 3 is 1.48 bits per heavy atom. The van der Waals surface area contributed by atoms with Crippen LogP contribution in [0.15, 0.2) is 192 Å². The number of benzene rings is 9. The first-order valence-electron chi connectivity index (χ1n) is 19.2. The maximum absolute atomic E-state index is 7.77. The number of nitrogens with one attached hydrogen (secondary N) is 1. The molecule has 0 aliphatic carbocycles. The van der Waals surface area contributed by atoms with Crippen molar-refractivity contribution in [3.8, 4) is 33.4 Å². The van der Waals surface area contributed by atoms with E-state index in [0.29, 0.717) is 0 Å². The quantitative estimate of drug-likeness (QED) is 0.108. The Morgan fingerprint density at radius 2 is 0.911 bits per heavy atom. The molecule has 56 heavy (non-hydrogen) atoms. The molecule has 0 aliphatic heterocycles. The molecule has 9 aromatic carbocycles. The second-order valence-electron chi connectivity index (χ2n) is 13.7. The molecular weight excluding hydrogens is 681 g/mol. The minimum atomic E-state index is 0.0756. The third-order valence-corrected chi connectivity index (χ3v) is 9.93. The van der Waals surface area contributed by atoms with Gasteiger partial charge in [-0.2, -0.15) is 0 Å². The van der Waals surface area contributed by atoms with Crippen LogP contribution in [0.5, 0.6) is 0 Å². The highest BCUT2D eigenvalue weighted by Gasteiger charge is 2.19. The van der Waals surface area contributed by atoms with Crippen LogP contribution in [0.25, 0.3) is 76.9 Å². The molecule has 3 heteroatoms. The molecule has 3 N–H and O–H groups in total. The molecule has 0 bridgehead atoms. The largest absolute Gasteiger partial charge is 0.455 e. The third kappa shape index (κ3) is 7.80. The van der Waals surface area contributed by atoms with Crippen molar-refractivity contribution < 1.29 is 4.42 Å². The van der Waals surface area contributed by atoms with E-state index in [1.165, 1.54) is 43.4 Å². The van der Waals surface area contributed by atoms with Crippen LogP contribution in [-0.2, 0) is 0 Å². The predicted octanol–water partition coefficient (Wildman–Crippen LogP) is 14.6. The molecule has 3 nitrogen and oxygen atoms in total. The summed E-state index contributed by atoms with van der Waals surface area (Å²) in [6.07, 6.45) is 0. The Balaban J connectivity index is 0.000000251. The van der Waals surface area contributed by atoms with Gasteiger partial charge < -0.3 is 10.2 Å². The van der Waals surface area contributed by atoms with E-state index in [2.05, 4.69) is 147 Å². The van der Waals surface area contributed by atoms with Gasteiger partial charge in [0, 0.05) is 21.9 Å². The Hall–Kier alpha value is -6.97. The lowest BCUT2D eigenvalue weighted by Crippen LogP contribution is -2.10. The number of aryl methyl sites for hydroxylation is 2. The van der Waals surface area contributed by atoms with Gasteiger partial charge in [-0.25, -0.2) is 0 Å².